The molecule has 0 bridgehead atoms. The van der Waals surface area contributed by atoms with Crippen LogP contribution in [-0.4, -0.2) is 33.1 Å². The van der Waals surface area contributed by atoms with Crippen LogP contribution in [0.2, 0.25) is 0 Å². The van der Waals surface area contributed by atoms with Crippen molar-refractivity contribution in [1.82, 2.24) is 0 Å². The Labute approximate surface area is 190 Å². The molecule has 1 aliphatic rings. The predicted octanol–water partition coefficient (Wildman–Crippen LogP) is 4.25. The molecule has 0 saturated carbocycles. The summed E-state index contributed by atoms with van der Waals surface area (Å²) in [6.07, 6.45) is 0. The second-order valence-corrected chi connectivity index (χ2v) is 7.10. The highest BCUT2D eigenvalue weighted by molar-refractivity contribution is 6.46. The number of carbonyl (C=O) groups excluding carboxylic acids is 2. The Hall–Kier alpha value is -4.33. The van der Waals surface area contributed by atoms with Crippen LogP contribution in [0.15, 0.2) is 72.4 Å². The van der Waals surface area contributed by atoms with Crippen LogP contribution in [0.1, 0.15) is 5.56 Å². The first kappa shape index (κ1) is 21.9. The lowest BCUT2D eigenvalue weighted by Crippen LogP contribution is -2.32. The monoisotopic (exact) mass is 448 g/mol. The number of anilines is 2. The Morgan fingerprint density at radius 2 is 1.42 bits per heavy atom. The molecule has 0 aliphatic carbocycles. The SMILES string of the molecule is COc1cc(NC2=C(c3ccccc3OC)C(=O)N(c3ccc(F)cc3)C2=O)cc(OC)c1. The maximum Gasteiger partial charge on any atom is 0.282 e. The molecule has 0 radical (unpaired) electrons. The minimum Gasteiger partial charge on any atom is -0.497 e. The van der Waals surface area contributed by atoms with Gasteiger partial charge in [0.1, 0.15) is 28.8 Å². The van der Waals surface area contributed by atoms with E-state index in [-0.39, 0.29) is 17.0 Å². The molecule has 0 atom stereocenters. The van der Waals surface area contributed by atoms with Crippen LogP contribution in [0, 0.1) is 5.82 Å². The number of hydrogen-bond donors (Lipinski definition) is 1. The van der Waals surface area contributed by atoms with Gasteiger partial charge in [-0.1, -0.05) is 18.2 Å². The Morgan fingerprint density at radius 3 is 2.03 bits per heavy atom. The van der Waals surface area contributed by atoms with E-state index in [0.717, 1.165) is 4.90 Å². The molecule has 2 amide bonds. The summed E-state index contributed by atoms with van der Waals surface area (Å²) in [7, 11) is 4.51. The van der Waals surface area contributed by atoms with Crippen LogP contribution >= 0.6 is 0 Å². The van der Waals surface area contributed by atoms with Crippen molar-refractivity contribution in [2.75, 3.05) is 31.5 Å². The third-order valence-electron chi connectivity index (χ3n) is 5.17. The molecule has 1 aliphatic heterocycles. The summed E-state index contributed by atoms with van der Waals surface area (Å²) in [5.41, 5.74) is 1.35. The minimum atomic E-state index is -0.589. The molecular formula is C25H21FN2O5. The molecule has 0 aromatic heterocycles. The number of ether oxygens (including phenoxy) is 3. The molecule has 0 fully saturated rings. The summed E-state index contributed by atoms with van der Waals surface area (Å²) in [4.78, 5) is 28.0. The quantitative estimate of drug-likeness (QED) is 0.545. The van der Waals surface area contributed by atoms with Gasteiger partial charge in [-0.05, 0) is 30.3 Å². The average Bonchev–Trinajstić information content (AvgIpc) is 3.08. The van der Waals surface area contributed by atoms with E-state index >= 15 is 0 Å². The van der Waals surface area contributed by atoms with Crippen molar-refractivity contribution in [2.24, 2.45) is 0 Å². The molecule has 1 heterocycles. The second kappa shape index (κ2) is 9.04. The van der Waals surface area contributed by atoms with Gasteiger partial charge in [0.25, 0.3) is 11.8 Å². The normalized spacial score (nSPS) is 13.4. The number of hydrogen-bond acceptors (Lipinski definition) is 6. The summed E-state index contributed by atoms with van der Waals surface area (Å²) < 4.78 is 29.5. The van der Waals surface area contributed by atoms with Crippen molar-refractivity contribution in [3.05, 3.63) is 83.8 Å². The first-order chi connectivity index (χ1) is 16.0. The van der Waals surface area contributed by atoms with E-state index in [2.05, 4.69) is 5.32 Å². The van der Waals surface area contributed by atoms with E-state index < -0.39 is 17.6 Å². The van der Waals surface area contributed by atoms with Crippen LogP contribution in [-0.2, 0) is 9.59 Å². The minimum absolute atomic E-state index is 0.0455. The Balaban J connectivity index is 1.86. The van der Waals surface area contributed by atoms with Gasteiger partial charge < -0.3 is 19.5 Å². The fourth-order valence-electron chi connectivity index (χ4n) is 3.60. The lowest BCUT2D eigenvalue weighted by molar-refractivity contribution is -0.120. The number of para-hydroxylation sites is 1. The molecule has 4 rings (SSSR count). The van der Waals surface area contributed by atoms with Crippen molar-refractivity contribution < 1.29 is 28.2 Å². The molecule has 33 heavy (non-hydrogen) atoms. The predicted molar refractivity (Wildman–Crippen MR) is 122 cm³/mol. The van der Waals surface area contributed by atoms with Crippen LogP contribution in [0.3, 0.4) is 0 Å². The van der Waals surface area contributed by atoms with Crippen LogP contribution in [0.5, 0.6) is 17.2 Å². The van der Waals surface area contributed by atoms with E-state index in [4.69, 9.17) is 14.2 Å². The number of carbonyl (C=O) groups is 2. The zero-order valence-electron chi connectivity index (χ0n) is 18.2. The summed E-state index contributed by atoms with van der Waals surface area (Å²) in [5, 5.41) is 3.06. The second-order valence-electron chi connectivity index (χ2n) is 7.10. The van der Waals surface area contributed by atoms with E-state index in [1.165, 1.54) is 45.6 Å². The summed E-state index contributed by atoms with van der Waals surface area (Å²) in [6, 6.07) is 17.1. The van der Waals surface area contributed by atoms with Gasteiger partial charge in [-0.25, -0.2) is 9.29 Å². The van der Waals surface area contributed by atoms with Crippen molar-refractivity contribution in [1.29, 1.82) is 0 Å². The Kier molecular flexibility index (Phi) is 5.99. The third-order valence-corrected chi connectivity index (χ3v) is 5.17. The van der Waals surface area contributed by atoms with Gasteiger partial charge in [0.05, 0.1) is 32.6 Å². The van der Waals surface area contributed by atoms with E-state index in [1.54, 1.807) is 42.5 Å². The number of amides is 2. The van der Waals surface area contributed by atoms with Gasteiger partial charge in [0.2, 0.25) is 0 Å². The molecule has 1 N–H and O–H groups in total. The van der Waals surface area contributed by atoms with Gasteiger partial charge in [-0.15, -0.1) is 0 Å². The molecule has 3 aromatic carbocycles. The summed E-state index contributed by atoms with van der Waals surface area (Å²) >= 11 is 0. The molecule has 168 valence electrons. The van der Waals surface area contributed by atoms with Crippen molar-refractivity contribution >= 4 is 28.8 Å². The van der Waals surface area contributed by atoms with Gasteiger partial charge in [-0.3, -0.25) is 9.59 Å². The maximum absolute atomic E-state index is 13.5. The topological polar surface area (TPSA) is 77.1 Å². The largest absolute Gasteiger partial charge is 0.497 e. The first-order valence-corrected chi connectivity index (χ1v) is 9.99. The summed E-state index contributed by atoms with van der Waals surface area (Å²) in [5.74, 6) is -0.190. The molecule has 0 unspecified atom stereocenters. The lowest BCUT2D eigenvalue weighted by atomic mass is 10.0. The number of rotatable bonds is 7. The highest BCUT2D eigenvalue weighted by atomic mass is 19.1. The highest BCUT2D eigenvalue weighted by Crippen LogP contribution is 2.38. The fraction of sp³-hybridized carbons (Fsp3) is 0.120. The standard InChI is InChI=1S/C25H21FN2O5/c1-31-18-12-16(13-19(14-18)32-2)27-23-22(20-6-4-5-7-21(20)33-3)24(29)28(25(23)30)17-10-8-15(26)9-11-17/h4-14,27H,1-3H3. The molecule has 0 spiro atoms. The lowest BCUT2D eigenvalue weighted by Gasteiger charge is -2.16. The maximum atomic E-state index is 13.5. The van der Waals surface area contributed by atoms with E-state index in [9.17, 15) is 14.0 Å². The highest BCUT2D eigenvalue weighted by Gasteiger charge is 2.41. The number of nitrogens with zero attached hydrogens (tertiary/aromatic N) is 1. The number of imide groups is 1. The van der Waals surface area contributed by atoms with E-state index in [0.29, 0.717) is 28.5 Å². The number of halogens is 1. The van der Waals surface area contributed by atoms with Gasteiger partial charge in [-0.2, -0.15) is 0 Å². The molecular weight excluding hydrogens is 427 g/mol. The average molecular weight is 448 g/mol. The number of nitrogens with one attached hydrogen (secondary N) is 1. The Morgan fingerprint density at radius 1 is 0.788 bits per heavy atom. The first-order valence-electron chi connectivity index (χ1n) is 9.99. The van der Waals surface area contributed by atoms with Gasteiger partial charge >= 0.3 is 0 Å². The van der Waals surface area contributed by atoms with E-state index in [1.807, 2.05) is 0 Å². The van der Waals surface area contributed by atoms with Crippen LogP contribution < -0.4 is 24.4 Å². The third kappa shape index (κ3) is 4.10. The molecule has 8 heteroatoms. The van der Waals surface area contributed by atoms with Crippen molar-refractivity contribution in [3.8, 4) is 17.2 Å². The van der Waals surface area contributed by atoms with Crippen molar-refractivity contribution in [2.45, 2.75) is 0 Å². The number of methoxy groups -OCH3 is 3. The smallest absolute Gasteiger partial charge is 0.282 e. The van der Waals surface area contributed by atoms with Gasteiger partial charge in [0.15, 0.2) is 0 Å². The fourth-order valence-corrected chi connectivity index (χ4v) is 3.60. The van der Waals surface area contributed by atoms with Gasteiger partial charge in [0, 0.05) is 29.4 Å². The molecule has 3 aromatic rings. The Bertz CT molecular complexity index is 1230. The summed E-state index contributed by atoms with van der Waals surface area (Å²) in [6.45, 7) is 0. The molecule has 0 saturated heterocycles. The van der Waals surface area contributed by atoms with Crippen LogP contribution in [0.25, 0.3) is 5.57 Å². The zero-order chi connectivity index (χ0) is 23.5. The van der Waals surface area contributed by atoms with Crippen LogP contribution in [0.4, 0.5) is 15.8 Å². The molecule has 7 nitrogen and oxygen atoms in total. The van der Waals surface area contributed by atoms with Crippen molar-refractivity contribution in [3.63, 3.8) is 0 Å². The zero-order valence-corrected chi connectivity index (χ0v) is 18.2. The number of benzene rings is 3.